The summed E-state index contributed by atoms with van der Waals surface area (Å²) >= 11 is 0. The van der Waals surface area contributed by atoms with Gasteiger partial charge >= 0.3 is 0 Å². The van der Waals surface area contributed by atoms with E-state index in [1.165, 1.54) is 38.5 Å². The Bertz CT molecular complexity index is 750. The molecule has 4 aliphatic rings. The Morgan fingerprint density at radius 2 is 1.75 bits per heavy atom. The first-order valence-electron chi connectivity index (χ1n) is 13.7. The molecule has 0 aromatic heterocycles. The summed E-state index contributed by atoms with van der Waals surface area (Å²) in [6.45, 7) is 19.2. The van der Waals surface area contributed by atoms with Gasteiger partial charge in [-0.2, -0.15) is 0 Å². The maximum Gasteiger partial charge on any atom is 0.0792 e. The minimum Gasteiger partial charge on any atom is -0.389 e. The second-order valence-electron chi connectivity index (χ2n) is 13.0. The fraction of sp³-hybridized carbons (Fsp3) is 0.867. The molecule has 1 N–H and O–H groups in total. The summed E-state index contributed by atoms with van der Waals surface area (Å²) in [6.07, 6.45) is 10.9. The molecular weight excluding hydrogens is 392 g/mol. The number of hydrogen-bond donors (Lipinski definition) is 1. The van der Waals surface area contributed by atoms with E-state index in [0.717, 1.165) is 48.5 Å². The summed E-state index contributed by atoms with van der Waals surface area (Å²) in [5, 5.41) is 10.5. The molecule has 2 nitrogen and oxygen atoms in total. The smallest absolute Gasteiger partial charge is 0.0792 e. The molecule has 0 aromatic carbocycles. The zero-order valence-corrected chi connectivity index (χ0v) is 22.0. The number of fused-ring (bicyclic) bond motifs is 4. The van der Waals surface area contributed by atoms with E-state index in [1.54, 1.807) is 11.1 Å². The van der Waals surface area contributed by atoms with Crippen molar-refractivity contribution in [2.24, 2.45) is 46.3 Å². The largest absolute Gasteiger partial charge is 0.389 e. The second kappa shape index (κ2) is 8.88. The quantitative estimate of drug-likeness (QED) is 0.430. The molecule has 4 aliphatic carbocycles. The Kier molecular flexibility index (Phi) is 6.80. The van der Waals surface area contributed by atoms with E-state index < -0.39 is 0 Å². The van der Waals surface area contributed by atoms with Crippen molar-refractivity contribution in [3.8, 4) is 0 Å². The predicted molar refractivity (Wildman–Crippen MR) is 134 cm³/mol. The van der Waals surface area contributed by atoms with Gasteiger partial charge in [0.1, 0.15) is 0 Å². The van der Waals surface area contributed by atoms with Gasteiger partial charge in [-0.3, -0.25) is 0 Å². The standard InChI is InChI=1S/C30H50O2/c1-18(2)19(3)9-10-20(4)22-11-12-23-28-24(13-15-29(22,23)6)30(7)16-14-26(31)21(5)25(30)17-27(28)32-8/h18-20,22,24-27,31H,5,9-17H2,1-4,6-8H3/t19-,20-,22-,24+,25+,26+,27-,29-,30-/m1/s1. The first kappa shape index (κ1) is 24.5. The summed E-state index contributed by atoms with van der Waals surface area (Å²) < 4.78 is 6.21. The highest BCUT2D eigenvalue weighted by molar-refractivity contribution is 5.39. The fourth-order valence-corrected chi connectivity index (χ4v) is 8.69. The summed E-state index contributed by atoms with van der Waals surface area (Å²) in [6, 6.07) is 0. The zero-order chi connectivity index (χ0) is 23.4. The van der Waals surface area contributed by atoms with Crippen LogP contribution in [0.4, 0.5) is 0 Å². The van der Waals surface area contributed by atoms with E-state index in [0.29, 0.717) is 17.3 Å². The zero-order valence-electron chi connectivity index (χ0n) is 22.0. The molecule has 32 heavy (non-hydrogen) atoms. The van der Waals surface area contributed by atoms with Gasteiger partial charge in [-0.25, -0.2) is 0 Å². The van der Waals surface area contributed by atoms with Crippen molar-refractivity contribution in [1.82, 2.24) is 0 Å². The molecule has 0 bridgehead atoms. The van der Waals surface area contributed by atoms with Gasteiger partial charge in [0.2, 0.25) is 0 Å². The highest BCUT2D eigenvalue weighted by Crippen LogP contribution is 2.66. The SMILES string of the molecule is C=C1[C@@H](O)CC[C@@]2(C)[C@H]1C[C@@H](OC)C1=C3CC[C@H]([C@H](C)CC[C@@H](C)C(C)C)[C@@]3(C)CC[C@@H]12. The van der Waals surface area contributed by atoms with E-state index in [1.807, 2.05) is 7.11 Å². The van der Waals surface area contributed by atoms with Crippen LogP contribution in [0.15, 0.2) is 23.3 Å². The van der Waals surface area contributed by atoms with Crippen LogP contribution in [0.25, 0.3) is 0 Å². The monoisotopic (exact) mass is 442 g/mol. The number of hydrogen-bond acceptors (Lipinski definition) is 2. The maximum absolute atomic E-state index is 10.5. The highest BCUT2D eigenvalue weighted by atomic mass is 16.5. The van der Waals surface area contributed by atoms with Crippen LogP contribution < -0.4 is 0 Å². The van der Waals surface area contributed by atoms with Gasteiger partial charge in [0.05, 0.1) is 12.2 Å². The molecule has 0 amide bonds. The third-order valence-electron chi connectivity index (χ3n) is 11.3. The fourth-order valence-electron chi connectivity index (χ4n) is 8.69. The number of aliphatic hydroxyl groups excluding tert-OH is 1. The molecule has 0 aromatic rings. The first-order chi connectivity index (χ1) is 15.0. The third kappa shape index (κ3) is 3.76. The Balaban J connectivity index is 1.63. The molecule has 0 radical (unpaired) electrons. The molecule has 3 fully saturated rings. The van der Waals surface area contributed by atoms with E-state index >= 15 is 0 Å². The summed E-state index contributed by atoms with van der Waals surface area (Å²) in [7, 11) is 1.91. The summed E-state index contributed by atoms with van der Waals surface area (Å²) in [5.41, 5.74) is 5.15. The molecular formula is C30H50O2. The van der Waals surface area contributed by atoms with Crippen molar-refractivity contribution in [1.29, 1.82) is 0 Å². The maximum atomic E-state index is 10.5. The lowest BCUT2D eigenvalue weighted by atomic mass is 9.47. The van der Waals surface area contributed by atoms with Crippen LogP contribution in [0.2, 0.25) is 0 Å². The predicted octanol–water partition coefficient (Wildman–Crippen LogP) is 7.57. The minimum absolute atomic E-state index is 0.213. The van der Waals surface area contributed by atoms with Crippen LogP contribution in [-0.2, 0) is 4.74 Å². The minimum atomic E-state index is -0.321. The Hall–Kier alpha value is -0.600. The van der Waals surface area contributed by atoms with Crippen LogP contribution >= 0.6 is 0 Å². The van der Waals surface area contributed by atoms with E-state index in [-0.39, 0.29) is 17.6 Å². The van der Waals surface area contributed by atoms with E-state index in [4.69, 9.17) is 4.74 Å². The van der Waals surface area contributed by atoms with Crippen LogP contribution in [0.1, 0.15) is 99.3 Å². The lowest BCUT2D eigenvalue weighted by Crippen LogP contribution is -2.53. The number of allylic oxidation sites excluding steroid dienone is 1. The Labute approximate surface area is 198 Å². The van der Waals surface area contributed by atoms with Gasteiger partial charge in [-0.05, 0) is 102 Å². The van der Waals surface area contributed by atoms with E-state index in [2.05, 4.69) is 48.1 Å². The lowest BCUT2D eigenvalue weighted by molar-refractivity contribution is -0.0436. The second-order valence-corrected chi connectivity index (χ2v) is 13.0. The van der Waals surface area contributed by atoms with Gasteiger partial charge < -0.3 is 9.84 Å². The van der Waals surface area contributed by atoms with Crippen molar-refractivity contribution in [3.05, 3.63) is 23.3 Å². The van der Waals surface area contributed by atoms with E-state index in [9.17, 15) is 5.11 Å². The number of aliphatic hydroxyl groups is 1. The van der Waals surface area contributed by atoms with Crippen molar-refractivity contribution in [2.75, 3.05) is 7.11 Å². The Morgan fingerprint density at radius 3 is 2.41 bits per heavy atom. The molecule has 0 aliphatic heterocycles. The first-order valence-corrected chi connectivity index (χ1v) is 13.7. The molecule has 0 spiro atoms. The van der Waals surface area contributed by atoms with Crippen LogP contribution in [0.3, 0.4) is 0 Å². The lowest BCUT2D eigenvalue weighted by Gasteiger charge is -2.59. The van der Waals surface area contributed by atoms with Gasteiger partial charge in [-0.15, -0.1) is 0 Å². The van der Waals surface area contributed by atoms with Gasteiger partial charge in [0.15, 0.2) is 0 Å². The number of ether oxygens (including phenoxy) is 1. The van der Waals surface area contributed by atoms with Crippen molar-refractivity contribution in [2.45, 2.75) is 112 Å². The molecule has 0 unspecified atom stereocenters. The van der Waals surface area contributed by atoms with Gasteiger partial charge in [-0.1, -0.05) is 66.5 Å². The number of methoxy groups -OCH3 is 1. The normalized spacial score (nSPS) is 43.7. The molecule has 0 saturated heterocycles. The van der Waals surface area contributed by atoms with Gasteiger partial charge in [0, 0.05) is 7.11 Å². The average molecular weight is 443 g/mol. The molecule has 2 heteroatoms. The topological polar surface area (TPSA) is 29.5 Å². The van der Waals surface area contributed by atoms with Crippen LogP contribution in [0.5, 0.6) is 0 Å². The van der Waals surface area contributed by atoms with Crippen molar-refractivity contribution >= 4 is 0 Å². The molecule has 9 atom stereocenters. The highest BCUT2D eigenvalue weighted by Gasteiger charge is 2.58. The third-order valence-corrected chi connectivity index (χ3v) is 11.3. The molecule has 4 rings (SSSR count). The molecule has 0 heterocycles. The average Bonchev–Trinajstić information content (AvgIpc) is 3.11. The van der Waals surface area contributed by atoms with Crippen molar-refractivity contribution in [3.63, 3.8) is 0 Å². The Morgan fingerprint density at radius 1 is 1.03 bits per heavy atom. The summed E-state index contributed by atoms with van der Waals surface area (Å²) in [5.74, 6) is 4.22. The van der Waals surface area contributed by atoms with Gasteiger partial charge in [0.25, 0.3) is 0 Å². The van der Waals surface area contributed by atoms with Crippen molar-refractivity contribution < 1.29 is 9.84 Å². The molecule has 3 saturated carbocycles. The van der Waals surface area contributed by atoms with Crippen LogP contribution in [-0.4, -0.2) is 24.4 Å². The summed E-state index contributed by atoms with van der Waals surface area (Å²) in [4.78, 5) is 0. The van der Waals surface area contributed by atoms with Crippen LogP contribution in [0, 0.1) is 46.3 Å². The number of rotatable bonds is 6. The molecule has 182 valence electrons.